The minimum Gasteiger partial charge on any atom is -0.497 e. The SMILES string of the molecule is COc1ccc(COc2nc(Cl)nc3c2cnn3CC(F)F)cc1. The summed E-state index contributed by atoms with van der Waals surface area (Å²) in [4.78, 5) is 7.96. The van der Waals surface area contributed by atoms with Crippen molar-refractivity contribution in [3.05, 3.63) is 41.3 Å². The lowest BCUT2D eigenvalue weighted by Crippen LogP contribution is -2.09. The van der Waals surface area contributed by atoms with Gasteiger partial charge in [-0.15, -0.1) is 0 Å². The van der Waals surface area contributed by atoms with E-state index in [4.69, 9.17) is 21.1 Å². The summed E-state index contributed by atoms with van der Waals surface area (Å²) in [5.41, 5.74) is 1.10. The van der Waals surface area contributed by atoms with Gasteiger partial charge in [0.05, 0.1) is 13.3 Å². The predicted octanol–water partition coefficient (Wildman–Crippen LogP) is 3.33. The second-order valence-electron chi connectivity index (χ2n) is 4.89. The van der Waals surface area contributed by atoms with E-state index in [2.05, 4.69) is 15.1 Å². The molecule has 3 aromatic rings. The van der Waals surface area contributed by atoms with Crippen molar-refractivity contribution in [2.75, 3.05) is 7.11 Å². The van der Waals surface area contributed by atoms with Crippen LogP contribution < -0.4 is 9.47 Å². The average molecular weight is 355 g/mol. The molecule has 0 bridgehead atoms. The van der Waals surface area contributed by atoms with Crippen LogP contribution in [0.4, 0.5) is 8.78 Å². The van der Waals surface area contributed by atoms with Crippen LogP contribution in [0.5, 0.6) is 11.6 Å². The molecule has 0 N–H and O–H groups in total. The molecule has 0 radical (unpaired) electrons. The van der Waals surface area contributed by atoms with Crippen LogP contribution in [0.15, 0.2) is 30.5 Å². The van der Waals surface area contributed by atoms with Gasteiger partial charge in [0.1, 0.15) is 24.3 Å². The molecule has 2 heterocycles. The first kappa shape index (κ1) is 16.4. The van der Waals surface area contributed by atoms with Gasteiger partial charge in [-0.1, -0.05) is 12.1 Å². The second-order valence-corrected chi connectivity index (χ2v) is 5.23. The van der Waals surface area contributed by atoms with Crippen LogP contribution in [0.25, 0.3) is 11.0 Å². The van der Waals surface area contributed by atoms with Gasteiger partial charge in [-0.2, -0.15) is 15.1 Å². The fourth-order valence-electron chi connectivity index (χ4n) is 2.15. The van der Waals surface area contributed by atoms with Crippen molar-refractivity contribution in [2.45, 2.75) is 19.6 Å². The molecule has 0 amide bonds. The number of hydrogen-bond acceptors (Lipinski definition) is 5. The highest BCUT2D eigenvalue weighted by molar-refractivity contribution is 6.28. The summed E-state index contributed by atoms with van der Waals surface area (Å²) < 4.78 is 37.0. The van der Waals surface area contributed by atoms with E-state index in [9.17, 15) is 8.78 Å². The first-order valence-corrected chi connectivity index (χ1v) is 7.37. The van der Waals surface area contributed by atoms with E-state index in [0.717, 1.165) is 16.0 Å². The second kappa shape index (κ2) is 6.96. The van der Waals surface area contributed by atoms with Crippen molar-refractivity contribution < 1.29 is 18.3 Å². The van der Waals surface area contributed by atoms with E-state index in [-0.39, 0.29) is 23.4 Å². The third kappa shape index (κ3) is 3.53. The predicted molar refractivity (Wildman–Crippen MR) is 83.7 cm³/mol. The highest BCUT2D eigenvalue weighted by atomic mass is 35.5. The number of halogens is 3. The fraction of sp³-hybridized carbons (Fsp3) is 0.267. The number of ether oxygens (including phenoxy) is 2. The summed E-state index contributed by atoms with van der Waals surface area (Å²) in [6.45, 7) is -0.346. The molecule has 1 aromatic carbocycles. The van der Waals surface area contributed by atoms with Gasteiger partial charge in [-0.25, -0.2) is 13.5 Å². The number of hydrogen-bond donors (Lipinski definition) is 0. The van der Waals surface area contributed by atoms with Crippen LogP contribution in [0, 0.1) is 0 Å². The van der Waals surface area contributed by atoms with Crippen LogP contribution in [0.2, 0.25) is 5.28 Å². The summed E-state index contributed by atoms with van der Waals surface area (Å²) in [5, 5.41) is 4.22. The number of rotatable bonds is 6. The molecular formula is C15H13ClF2N4O2. The van der Waals surface area contributed by atoms with E-state index in [0.29, 0.717) is 5.39 Å². The number of nitrogens with zero attached hydrogens (tertiary/aromatic N) is 4. The Morgan fingerprint density at radius 1 is 1.21 bits per heavy atom. The Balaban J connectivity index is 1.84. The van der Waals surface area contributed by atoms with Gasteiger partial charge in [-0.3, -0.25) is 0 Å². The molecule has 126 valence electrons. The Kier molecular flexibility index (Phi) is 4.75. The number of methoxy groups -OCH3 is 1. The van der Waals surface area contributed by atoms with E-state index >= 15 is 0 Å². The minimum atomic E-state index is -2.55. The third-order valence-corrected chi connectivity index (χ3v) is 3.45. The maximum absolute atomic E-state index is 12.6. The normalized spacial score (nSPS) is 11.2. The molecule has 6 nitrogen and oxygen atoms in total. The molecule has 0 saturated heterocycles. The zero-order valence-corrected chi connectivity index (χ0v) is 13.4. The number of benzene rings is 1. The molecule has 9 heteroatoms. The van der Waals surface area contributed by atoms with Gasteiger partial charge in [0.25, 0.3) is 6.43 Å². The summed E-state index contributed by atoms with van der Waals surface area (Å²) in [7, 11) is 1.59. The molecule has 0 aliphatic heterocycles. The van der Waals surface area contributed by atoms with Gasteiger partial charge in [0.15, 0.2) is 5.65 Å². The maximum Gasteiger partial charge on any atom is 0.258 e. The van der Waals surface area contributed by atoms with Gasteiger partial charge in [0.2, 0.25) is 11.2 Å². The first-order valence-electron chi connectivity index (χ1n) is 6.99. The van der Waals surface area contributed by atoms with E-state index in [1.165, 1.54) is 6.20 Å². The quantitative estimate of drug-likeness (QED) is 0.635. The summed E-state index contributed by atoms with van der Waals surface area (Å²) in [6, 6.07) is 7.31. The van der Waals surface area contributed by atoms with Gasteiger partial charge < -0.3 is 9.47 Å². The smallest absolute Gasteiger partial charge is 0.258 e. The largest absolute Gasteiger partial charge is 0.497 e. The lowest BCUT2D eigenvalue weighted by Gasteiger charge is -2.08. The fourth-order valence-corrected chi connectivity index (χ4v) is 2.31. The van der Waals surface area contributed by atoms with Gasteiger partial charge >= 0.3 is 0 Å². The Morgan fingerprint density at radius 2 is 1.96 bits per heavy atom. The number of fused-ring (bicyclic) bond motifs is 1. The van der Waals surface area contributed by atoms with Crippen molar-refractivity contribution in [1.82, 2.24) is 19.7 Å². The number of aromatic nitrogens is 4. The van der Waals surface area contributed by atoms with E-state index in [1.54, 1.807) is 7.11 Å². The van der Waals surface area contributed by atoms with Crippen molar-refractivity contribution in [3.63, 3.8) is 0 Å². The maximum atomic E-state index is 12.6. The first-order chi connectivity index (χ1) is 11.6. The summed E-state index contributed by atoms with van der Waals surface area (Å²) in [6.07, 6.45) is -1.16. The van der Waals surface area contributed by atoms with Gasteiger partial charge in [0, 0.05) is 0 Å². The molecule has 0 saturated carbocycles. The molecular weight excluding hydrogens is 342 g/mol. The lowest BCUT2D eigenvalue weighted by molar-refractivity contribution is 0.123. The summed E-state index contributed by atoms with van der Waals surface area (Å²) >= 11 is 5.86. The van der Waals surface area contributed by atoms with Crippen LogP contribution in [-0.2, 0) is 13.2 Å². The highest BCUT2D eigenvalue weighted by Gasteiger charge is 2.16. The van der Waals surface area contributed by atoms with Crippen LogP contribution in [-0.4, -0.2) is 33.3 Å². The van der Waals surface area contributed by atoms with Crippen molar-refractivity contribution in [1.29, 1.82) is 0 Å². The minimum absolute atomic E-state index is 0.0942. The zero-order valence-electron chi connectivity index (χ0n) is 12.6. The average Bonchev–Trinajstić information content (AvgIpc) is 2.95. The molecule has 0 aliphatic carbocycles. The van der Waals surface area contributed by atoms with Crippen molar-refractivity contribution >= 4 is 22.6 Å². The molecule has 0 spiro atoms. The lowest BCUT2D eigenvalue weighted by atomic mass is 10.2. The molecule has 0 aliphatic rings. The topological polar surface area (TPSA) is 62.1 Å². The summed E-state index contributed by atoms with van der Waals surface area (Å²) in [5.74, 6) is 0.931. The molecule has 24 heavy (non-hydrogen) atoms. The van der Waals surface area contributed by atoms with Crippen molar-refractivity contribution in [3.8, 4) is 11.6 Å². The molecule has 3 rings (SSSR count). The van der Waals surface area contributed by atoms with Crippen LogP contribution in [0.3, 0.4) is 0 Å². The van der Waals surface area contributed by atoms with E-state index in [1.807, 2.05) is 24.3 Å². The third-order valence-electron chi connectivity index (χ3n) is 3.28. The Hall–Kier alpha value is -2.48. The molecule has 0 unspecified atom stereocenters. The standard InChI is InChI=1S/C15H13ClF2N4O2/c1-23-10-4-2-9(3-5-10)8-24-14-11-6-19-22(7-12(17)18)13(11)20-15(16)21-14/h2-6,12H,7-8H2,1H3. The Morgan fingerprint density at radius 3 is 2.62 bits per heavy atom. The van der Waals surface area contributed by atoms with Crippen LogP contribution >= 0.6 is 11.6 Å². The Labute approximate surface area is 141 Å². The van der Waals surface area contributed by atoms with Crippen LogP contribution in [0.1, 0.15) is 5.56 Å². The number of alkyl halides is 2. The molecule has 2 aromatic heterocycles. The highest BCUT2D eigenvalue weighted by Crippen LogP contribution is 2.25. The van der Waals surface area contributed by atoms with Gasteiger partial charge in [-0.05, 0) is 29.3 Å². The van der Waals surface area contributed by atoms with Crippen molar-refractivity contribution in [2.24, 2.45) is 0 Å². The Bertz CT molecular complexity index is 839. The monoisotopic (exact) mass is 354 g/mol. The van der Waals surface area contributed by atoms with E-state index < -0.39 is 13.0 Å². The zero-order chi connectivity index (χ0) is 17.1. The molecule has 0 atom stereocenters. The molecule has 0 fully saturated rings.